The van der Waals surface area contributed by atoms with Crippen molar-refractivity contribution in [3.8, 4) is 28.7 Å². The molecule has 30 heavy (non-hydrogen) atoms. The lowest BCUT2D eigenvalue weighted by Crippen LogP contribution is -2.21. The molecule has 0 spiro atoms. The highest BCUT2D eigenvalue weighted by Gasteiger charge is 2.24. The van der Waals surface area contributed by atoms with Gasteiger partial charge in [0, 0.05) is 0 Å². The van der Waals surface area contributed by atoms with Crippen LogP contribution in [-0.2, 0) is 17.9 Å². The fraction of sp³-hybridized carbons (Fsp3) is 0.227. The second kappa shape index (κ2) is 7.72. The molecule has 8 heteroatoms. The van der Waals surface area contributed by atoms with E-state index in [2.05, 4.69) is 15.2 Å². The third kappa shape index (κ3) is 3.46. The van der Waals surface area contributed by atoms with Crippen LogP contribution in [0, 0.1) is 5.82 Å². The molecule has 0 saturated carbocycles. The molecule has 7 nitrogen and oxygen atoms in total. The van der Waals surface area contributed by atoms with Gasteiger partial charge in [-0.2, -0.15) is 10.1 Å². The molecule has 152 valence electrons. The summed E-state index contributed by atoms with van der Waals surface area (Å²) >= 11 is 0. The smallest absolute Gasteiger partial charge is 0.278 e. The zero-order valence-corrected chi connectivity index (χ0v) is 16.3. The molecule has 2 aromatic heterocycles. The maximum absolute atomic E-state index is 13.2. The molecule has 0 saturated heterocycles. The molecule has 0 bridgehead atoms. The van der Waals surface area contributed by atoms with Gasteiger partial charge >= 0.3 is 0 Å². The number of hydrogen-bond acceptors (Lipinski definition) is 6. The second-order valence-corrected chi connectivity index (χ2v) is 6.91. The number of rotatable bonds is 5. The molecule has 0 aliphatic carbocycles. The van der Waals surface area contributed by atoms with Gasteiger partial charge in [-0.3, -0.25) is 4.68 Å². The van der Waals surface area contributed by atoms with Crippen molar-refractivity contribution in [2.24, 2.45) is 0 Å². The number of ether oxygens (including phenoxy) is 2. The molecule has 1 atom stereocenters. The van der Waals surface area contributed by atoms with Gasteiger partial charge in [0.2, 0.25) is 5.82 Å². The predicted octanol–water partition coefficient (Wildman–Crippen LogP) is 4.41. The van der Waals surface area contributed by atoms with E-state index in [0.717, 1.165) is 16.8 Å². The van der Waals surface area contributed by atoms with Crippen LogP contribution in [0.15, 0.2) is 59.1 Å². The minimum atomic E-state index is -0.269. The van der Waals surface area contributed by atoms with Crippen molar-refractivity contribution in [3.63, 3.8) is 0 Å². The summed E-state index contributed by atoms with van der Waals surface area (Å²) < 4.78 is 32.1. The van der Waals surface area contributed by atoms with Gasteiger partial charge in [-0.15, -0.1) is 0 Å². The Balaban J connectivity index is 1.40. The van der Waals surface area contributed by atoms with Crippen molar-refractivity contribution in [3.05, 3.63) is 71.7 Å². The summed E-state index contributed by atoms with van der Waals surface area (Å²) in [6, 6.07) is 15.8. The number of hydrogen-bond donors (Lipinski definition) is 0. The van der Waals surface area contributed by atoms with Crippen molar-refractivity contribution in [2.75, 3.05) is 6.61 Å². The van der Waals surface area contributed by atoms with Gasteiger partial charge in [-0.1, -0.05) is 29.4 Å². The fourth-order valence-corrected chi connectivity index (χ4v) is 3.48. The average Bonchev–Trinajstić information content (AvgIpc) is 3.41. The SMILES string of the molecule is CCOc1ccccc1-c1noc(-c2cc3n(n2)C[C@H](c2ccc(F)cc2)OC3)n1. The van der Waals surface area contributed by atoms with Crippen LogP contribution in [0.1, 0.15) is 24.3 Å². The highest BCUT2D eigenvalue weighted by atomic mass is 19.1. The maximum atomic E-state index is 13.2. The van der Waals surface area contributed by atoms with Crippen molar-refractivity contribution in [2.45, 2.75) is 26.2 Å². The molecule has 1 aliphatic heterocycles. The van der Waals surface area contributed by atoms with Crippen molar-refractivity contribution < 1.29 is 18.4 Å². The number of fused-ring (bicyclic) bond motifs is 1. The predicted molar refractivity (Wildman–Crippen MR) is 106 cm³/mol. The first-order valence-corrected chi connectivity index (χ1v) is 9.71. The van der Waals surface area contributed by atoms with Gasteiger partial charge in [-0.05, 0) is 42.8 Å². The van der Waals surface area contributed by atoms with Crippen LogP contribution in [0.5, 0.6) is 5.75 Å². The van der Waals surface area contributed by atoms with Gasteiger partial charge in [0.05, 0.1) is 31.0 Å². The Morgan fingerprint density at radius 3 is 2.83 bits per heavy atom. The van der Waals surface area contributed by atoms with E-state index in [1.54, 1.807) is 12.1 Å². The minimum Gasteiger partial charge on any atom is -0.493 e. The first-order valence-electron chi connectivity index (χ1n) is 9.71. The Kier molecular flexibility index (Phi) is 4.76. The van der Waals surface area contributed by atoms with Gasteiger partial charge < -0.3 is 14.0 Å². The second-order valence-electron chi connectivity index (χ2n) is 6.91. The molecule has 0 unspecified atom stereocenters. The zero-order valence-electron chi connectivity index (χ0n) is 16.3. The van der Waals surface area contributed by atoms with Crippen LogP contribution in [0.2, 0.25) is 0 Å². The Hall–Kier alpha value is -3.52. The Morgan fingerprint density at radius 2 is 2.00 bits per heavy atom. The van der Waals surface area contributed by atoms with Crippen LogP contribution < -0.4 is 4.74 Å². The average molecular weight is 406 g/mol. The summed E-state index contributed by atoms with van der Waals surface area (Å²) in [5, 5.41) is 8.72. The molecule has 0 radical (unpaired) electrons. The molecular formula is C22H19FN4O3. The molecule has 5 rings (SSSR count). The number of aromatic nitrogens is 4. The number of nitrogens with zero attached hydrogens (tertiary/aromatic N) is 4. The summed E-state index contributed by atoms with van der Waals surface area (Å²) in [6.45, 7) is 3.39. The van der Waals surface area contributed by atoms with Gasteiger partial charge in [-0.25, -0.2) is 4.39 Å². The first kappa shape index (κ1) is 18.5. The van der Waals surface area contributed by atoms with Crippen LogP contribution in [-0.4, -0.2) is 26.5 Å². The lowest BCUT2D eigenvalue weighted by molar-refractivity contribution is -0.00116. The summed E-state index contributed by atoms with van der Waals surface area (Å²) in [7, 11) is 0. The first-order chi connectivity index (χ1) is 14.7. The molecule has 0 N–H and O–H groups in total. The van der Waals surface area contributed by atoms with E-state index in [1.807, 2.05) is 41.9 Å². The number of benzene rings is 2. The summed E-state index contributed by atoms with van der Waals surface area (Å²) in [6.07, 6.45) is -0.192. The highest BCUT2D eigenvalue weighted by molar-refractivity contribution is 5.65. The summed E-state index contributed by atoms with van der Waals surface area (Å²) in [5.74, 6) is 1.21. The summed E-state index contributed by atoms with van der Waals surface area (Å²) in [5.41, 5.74) is 3.17. The van der Waals surface area contributed by atoms with Gasteiger partial charge in [0.25, 0.3) is 5.89 Å². The minimum absolute atomic E-state index is 0.192. The van der Waals surface area contributed by atoms with E-state index in [4.69, 9.17) is 14.0 Å². The lowest BCUT2D eigenvalue weighted by Gasteiger charge is -2.24. The molecule has 1 aliphatic rings. The van der Waals surface area contributed by atoms with Crippen molar-refractivity contribution >= 4 is 0 Å². The van der Waals surface area contributed by atoms with Gasteiger partial charge in [0.15, 0.2) is 5.69 Å². The number of para-hydroxylation sites is 1. The Morgan fingerprint density at radius 1 is 1.17 bits per heavy atom. The van der Waals surface area contributed by atoms with Crippen LogP contribution in [0.25, 0.3) is 23.0 Å². The molecule has 2 aromatic carbocycles. The molecule has 0 fully saturated rings. The van der Waals surface area contributed by atoms with E-state index >= 15 is 0 Å². The van der Waals surface area contributed by atoms with Crippen molar-refractivity contribution in [1.29, 1.82) is 0 Å². The Labute approximate surface area is 172 Å². The normalized spacial score (nSPS) is 15.7. The van der Waals surface area contributed by atoms with E-state index in [-0.39, 0.29) is 11.9 Å². The Bertz CT molecular complexity index is 1170. The lowest BCUT2D eigenvalue weighted by atomic mass is 10.1. The highest BCUT2D eigenvalue weighted by Crippen LogP contribution is 2.31. The number of halogens is 1. The third-order valence-corrected chi connectivity index (χ3v) is 4.95. The van der Waals surface area contributed by atoms with E-state index in [1.165, 1.54) is 12.1 Å². The third-order valence-electron chi connectivity index (χ3n) is 4.95. The quantitative estimate of drug-likeness (QED) is 0.489. The topological polar surface area (TPSA) is 75.2 Å². The zero-order chi connectivity index (χ0) is 20.5. The van der Waals surface area contributed by atoms with E-state index < -0.39 is 0 Å². The molecule has 4 aromatic rings. The van der Waals surface area contributed by atoms with Crippen molar-refractivity contribution in [1.82, 2.24) is 19.9 Å². The fourth-order valence-electron chi connectivity index (χ4n) is 3.48. The van der Waals surface area contributed by atoms with E-state index in [0.29, 0.717) is 42.9 Å². The monoisotopic (exact) mass is 406 g/mol. The summed E-state index contributed by atoms with van der Waals surface area (Å²) in [4.78, 5) is 4.51. The van der Waals surface area contributed by atoms with Crippen LogP contribution >= 0.6 is 0 Å². The maximum Gasteiger partial charge on any atom is 0.278 e. The van der Waals surface area contributed by atoms with Gasteiger partial charge in [0.1, 0.15) is 17.7 Å². The van der Waals surface area contributed by atoms with E-state index in [9.17, 15) is 4.39 Å². The van der Waals surface area contributed by atoms with Crippen LogP contribution in [0.4, 0.5) is 4.39 Å². The molecule has 3 heterocycles. The standard InChI is InChI=1S/C22H19FN4O3/c1-2-28-19-6-4-3-5-17(19)21-24-22(30-26-21)18-11-16-13-29-20(12-27(16)25-18)14-7-9-15(23)10-8-14/h3-11,20H,2,12-13H2,1H3/t20-/m1/s1. The van der Waals surface area contributed by atoms with Crippen LogP contribution in [0.3, 0.4) is 0 Å². The molecule has 0 amide bonds. The molecular weight excluding hydrogens is 387 g/mol. The largest absolute Gasteiger partial charge is 0.493 e.